The number of ether oxygens (including phenoxy) is 3. The van der Waals surface area contributed by atoms with E-state index < -0.39 is 0 Å². The highest BCUT2D eigenvalue weighted by Crippen LogP contribution is 2.39. The molecule has 1 saturated heterocycles. The third-order valence-corrected chi connectivity index (χ3v) is 4.92. The van der Waals surface area contributed by atoms with Crippen molar-refractivity contribution in [3.8, 4) is 17.2 Å². The topological polar surface area (TPSA) is 75.3 Å². The van der Waals surface area contributed by atoms with E-state index in [1.807, 2.05) is 24.3 Å². The highest BCUT2D eigenvalue weighted by Gasteiger charge is 2.16. The maximum atomic E-state index is 12.4. The summed E-state index contributed by atoms with van der Waals surface area (Å²) in [5.41, 5.74) is 2.41. The van der Waals surface area contributed by atoms with Gasteiger partial charge in [0.1, 0.15) is 0 Å². The number of benzene rings is 2. The van der Waals surface area contributed by atoms with Crippen molar-refractivity contribution in [1.29, 1.82) is 0 Å². The molecule has 3 rings (SSSR count). The monoisotopic (exact) mass is 400 g/mol. The van der Waals surface area contributed by atoms with Crippen LogP contribution in [0.3, 0.4) is 0 Å². The number of rotatable bonds is 6. The molecule has 0 atom stereocenters. The Hall–Kier alpha value is -3.13. The molecular weight excluding hydrogens is 372 g/mol. The van der Waals surface area contributed by atoms with E-state index in [0.717, 1.165) is 31.9 Å². The van der Waals surface area contributed by atoms with Crippen LogP contribution in [0.5, 0.6) is 17.2 Å². The summed E-state index contributed by atoms with van der Waals surface area (Å²) in [5, 5.41) is 5.63. The molecule has 8 nitrogen and oxygen atoms in total. The molecule has 2 aromatic carbocycles. The molecule has 156 valence electrons. The summed E-state index contributed by atoms with van der Waals surface area (Å²) in [4.78, 5) is 17.1. The van der Waals surface area contributed by atoms with E-state index in [1.54, 1.807) is 12.1 Å². The lowest BCUT2D eigenvalue weighted by atomic mass is 10.2. The predicted molar refractivity (Wildman–Crippen MR) is 115 cm³/mol. The average Bonchev–Trinajstić information content (AvgIpc) is 2.74. The number of urea groups is 1. The first kappa shape index (κ1) is 20.6. The Labute approximate surface area is 171 Å². The standard InChI is InChI=1S/C21H28N4O4/c1-24-9-11-25(12-10-24)17-7-5-15(6-8-17)22-21(26)23-16-13-18(27-2)20(29-4)19(14-16)28-3/h5-8,13-14H,9-12H2,1-4H3,(H2,22,23,26). The number of carbonyl (C=O) groups excluding carboxylic acids is 1. The number of anilines is 3. The zero-order chi connectivity index (χ0) is 20.8. The van der Waals surface area contributed by atoms with Crippen molar-refractivity contribution in [2.75, 3.05) is 70.1 Å². The van der Waals surface area contributed by atoms with Crippen molar-refractivity contribution < 1.29 is 19.0 Å². The van der Waals surface area contributed by atoms with Gasteiger partial charge in [0.15, 0.2) is 11.5 Å². The minimum atomic E-state index is -0.355. The van der Waals surface area contributed by atoms with Gasteiger partial charge in [0.2, 0.25) is 5.75 Å². The van der Waals surface area contributed by atoms with Gasteiger partial charge >= 0.3 is 6.03 Å². The highest BCUT2D eigenvalue weighted by atomic mass is 16.5. The van der Waals surface area contributed by atoms with Crippen LogP contribution in [-0.2, 0) is 0 Å². The van der Waals surface area contributed by atoms with E-state index >= 15 is 0 Å². The summed E-state index contributed by atoms with van der Waals surface area (Å²) in [6.45, 7) is 4.12. The van der Waals surface area contributed by atoms with E-state index in [4.69, 9.17) is 14.2 Å². The normalized spacial score (nSPS) is 14.3. The average molecular weight is 400 g/mol. The van der Waals surface area contributed by atoms with Crippen molar-refractivity contribution in [3.63, 3.8) is 0 Å². The fourth-order valence-electron chi connectivity index (χ4n) is 3.27. The van der Waals surface area contributed by atoms with Crippen LogP contribution in [0, 0.1) is 0 Å². The van der Waals surface area contributed by atoms with Crippen molar-refractivity contribution in [2.45, 2.75) is 0 Å². The van der Waals surface area contributed by atoms with Gasteiger partial charge in [0, 0.05) is 49.7 Å². The molecule has 0 bridgehead atoms. The molecule has 2 amide bonds. The number of piperazine rings is 1. The second-order valence-corrected chi connectivity index (χ2v) is 6.83. The SMILES string of the molecule is COc1cc(NC(=O)Nc2ccc(N3CCN(C)CC3)cc2)cc(OC)c1OC. The minimum absolute atomic E-state index is 0.355. The second kappa shape index (κ2) is 9.38. The van der Waals surface area contributed by atoms with Gasteiger partial charge in [0.25, 0.3) is 0 Å². The fourth-order valence-corrected chi connectivity index (χ4v) is 3.27. The van der Waals surface area contributed by atoms with Crippen LogP contribution in [-0.4, -0.2) is 65.5 Å². The van der Waals surface area contributed by atoms with E-state index in [2.05, 4.69) is 27.5 Å². The largest absolute Gasteiger partial charge is 0.493 e. The van der Waals surface area contributed by atoms with Crippen LogP contribution in [0.25, 0.3) is 0 Å². The molecule has 2 aromatic rings. The number of hydrogen-bond acceptors (Lipinski definition) is 6. The first-order chi connectivity index (χ1) is 14.0. The van der Waals surface area contributed by atoms with Gasteiger partial charge in [-0.15, -0.1) is 0 Å². The number of amides is 2. The molecule has 1 fully saturated rings. The number of hydrogen-bond donors (Lipinski definition) is 2. The summed E-state index contributed by atoms with van der Waals surface area (Å²) < 4.78 is 15.9. The third kappa shape index (κ3) is 5.03. The summed E-state index contributed by atoms with van der Waals surface area (Å²) in [5.74, 6) is 1.41. The second-order valence-electron chi connectivity index (χ2n) is 6.83. The number of nitrogens with zero attached hydrogens (tertiary/aromatic N) is 2. The van der Waals surface area contributed by atoms with E-state index in [9.17, 15) is 4.79 Å². The van der Waals surface area contributed by atoms with Crippen LogP contribution in [0.15, 0.2) is 36.4 Å². The zero-order valence-corrected chi connectivity index (χ0v) is 17.3. The lowest BCUT2D eigenvalue weighted by molar-refractivity contribution is 0.262. The smallest absolute Gasteiger partial charge is 0.323 e. The highest BCUT2D eigenvalue weighted by molar-refractivity contribution is 6.00. The molecule has 29 heavy (non-hydrogen) atoms. The Morgan fingerprint density at radius 2 is 1.38 bits per heavy atom. The van der Waals surface area contributed by atoms with Crippen molar-refractivity contribution in [2.24, 2.45) is 0 Å². The van der Waals surface area contributed by atoms with Gasteiger partial charge < -0.3 is 34.6 Å². The Morgan fingerprint density at radius 3 is 1.90 bits per heavy atom. The van der Waals surface area contributed by atoms with Gasteiger partial charge in [-0.3, -0.25) is 0 Å². The maximum absolute atomic E-state index is 12.4. The number of likely N-dealkylation sites (N-methyl/N-ethyl adjacent to an activating group) is 1. The summed E-state index contributed by atoms with van der Waals surface area (Å²) in [6, 6.07) is 10.9. The molecule has 8 heteroatoms. The number of methoxy groups -OCH3 is 3. The lowest BCUT2D eigenvalue weighted by Crippen LogP contribution is -2.44. The molecule has 0 radical (unpaired) electrons. The number of carbonyl (C=O) groups is 1. The lowest BCUT2D eigenvalue weighted by Gasteiger charge is -2.34. The number of nitrogens with one attached hydrogen (secondary N) is 2. The summed E-state index contributed by atoms with van der Waals surface area (Å²) in [7, 11) is 6.73. The summed E-state index contributed by atoms with van der Waals surface area (Å²) >= 11 is 0. The summed E-state index contributed by atoms with van der Waals surface area (Å²) in [6.07, 6.45) is 0. The Morgan fingerprint density at radius 1 is 0.828 bits per heavy atom. The van der Waals surface area contributed by atoms with Crippen LogP contribution in [0.4, 0.5) is 21.9 Å². The maximum Gasteiger partial charge on any atom is 0.323 e. The van der Waals surface area contributed by atoms with Gasteiger partial charge in [-0.05, 0) is 31.3 Å². The Bertz CT molecular complexity index is 808. The molecule has 0 unspecified atom stereocenters. The quantitative estimate of drug-likeness (QED) is 0.776. The van der Waals surface area contributed by atoms with Crippen molar-refractivity contribution in [1.82, 2.24) is 4.90 Å². The van der Waals surface area contributed by atoms with Gasteiger partial charge in [-0.1, -0.05) is 0 Å². The van der Waals surface area contributed by atoms with E-state index in [0.29, 0.717) is 28.6 Å². The fraction of sp³-hybridized carbons (Fsp3) is 0.381. The molecule has 1 aliphatic heterocycles. The predicted octanol–water partition coefficient (Wildman–Crippen LogP) is 3.11. The van der Waals surface area contributed by atoms with Crippen molar-refractivity contribution in [3.05, 3.63) is 36.4 Å². The van der Waals surface area contributed by atoms with Crippen molar-refractivity contribution >= 4 is 23.1 Å². The Balaban J connectivity index is 1.63. The van der Waals surface area contributed by atoms with Crippen LogP contribution < -0.4 is 29.7 Å². The van der Waals surface area contributed by atoms with Crippen LogP contribution in [0.1, 0.15) is 0 Å². The molecule has 1 heterocycles. The molecule has 0 aromatic heterocycles. The van der Waals surface area contributed by atoms with Gasteiger partial charge in [-0.25, -0.2) is 4.79 Å². The molecule has 1 aliphatic rings. The third-order valence-electron chi connectivity index (χ3n) is 4.92. The van der Waals surface area contributed by atoms with Gasteiger partial charge in [0.05, 0.1) is 27.0 Å². The first-order valence-electron chi connectivity index (χ1n) is 9.45. The molecule has 0 saturated carbocycles. The molecular formula is C21H28N4O4. The van der Waals surface area contributed by atoms with Crippen LogP contribution >= 0.6 is 0 Å². The molecule has 0 aliphatic carbocycles. The Kier molecular flexibility index (Phi) is 6.66. The van der Waals surface area contributed by atoms with Crippen LogP contribution in [0.2, 0.25) is 0 Å². The molecule has 2 N–H and O–H groups in total. The van der Waals surface area contributed by atoms with Gasteiger partial charge in [-0.2, -0.15) is 0 Å². The zero-order valence-electron chi connectivity index (χ0n) is 17.3. The minimum Gasteiger partial charge on any atom is -0.493 e. The molecule has 0 spiro atoms. The van der Waals surface area contributed by atoms with E-state index in [1.165, 1.54) is 21.3 Å². The first-order valence-corrected chi connectivity index (χ1v) is 9.45. The van der Waals surface area contributed by atoms with E-state index in [-0.39, 0.29) is 6.03 Å².